The molecule has 18 heteroatoms. The molecule has 1 saturated heterocycles. The molecular formula is C41H48N2O14S2. The van der Waals surface area contributed by atoms with Crippen LogP contribution >= 0.6 is 22.7 Å². The smallest absolute Gasteiger partial charge is 0.328 e. The van der Waals surface area contributed by atoms with E-state index >= 15 is 0 Å². The third-order valence-electron chi connectivity index (χ3n) is 8.40. The van der Waals surface area contributed by atoms with Gasteiger partial charge in [0.15, 0.2) is 23.0 Å². The van der Waals surface area contributed by atoms with Crippen molar-refractivity contribution in [2.24, 2.45) is 0 Å². The zero-order valence-electron chi connectivity index (χ0n) is 33.5. The molecule has 1 fully saturated rings. The van der Waals surface area contributed by atoms with Crippen LogP contribution in [0.4, 0.5) is 0 Å². The van der Waals surface area contributed by atoms with E-state index in [4.69, 9.17) is 48.8 Å². The largest absolute Gasteiger partial charge is 0.493 e. The fourth-order valence-corrected chi connectivity index (χ4v) is 7.82. The Morgan fingerprint density at radius 1 is 0.508 bits per heavy atom. The Kier molecular flexibility index (Phi) is 19.2. The fraction of sp³-hybridized carbons (Fsp3) is 0.317. The highest BCUT2D eigenvalue weighted by atomic mass is 32.1. The summed E-state index contributed by atoms with van der Waals surface area (Å²) < 4.78 is 33.2. The van der Waals surface area contributed by atoms with E-state index in [1.165, 1.54) is 19.5 Å². The first-order valence-corrected chi connectivity index (χ1v) is 19.4. The van der Waals surface area contributed by atoms with Crippen LogP contribution in [0.15, 0.2) is 72.8 Å². The van der Waals surface area contributed by atoms with Gasteiger partial charge in [0.2, 0.25) is 11.5 Å². The number of aliphatic carboxylic acids is 4. The normalized spacial score (nSPS) is 13.0. The summed E-state index contributed by atoms with van der Waals surface area (Å²) in [5.74, 6) is -1.14. The van der Waals surface area contributed by atoms with Crippen LogP contribution in [0.2, 0.25) is 0 Å². The molecule has 59 heavy (non-hydrogen) atoms. The molecule has 0 amide bonds. The van der Waals surface area contributed by atoms with Gasteiger partial charge in [-0.05, 0) is 79.2 Å². The summed E-state index contributed by atoms with van der Waals surface area (Å²) in [4.78, 5) is 48.4. The first-order chi connectivity index (χ1) is 28.2. The highest BCUT2D eigenvalue weighted by molar-refractivity contribution is 7.15. The van der Waals surface area contributed by atoms with Crippen molar-refractivity contribution < 1.29 is 68.0 Å². The quantitative estimate of drug-likeness (QED) is 0.0908. The van der Waals surface area contributed by atoms with E-state index in [-0.39, 0.29) is 0 Å². The van der Waals surface area contributed by atoms with Gasteiger partial charge < -0.3 is 48.8 Å². The van der Waals surface area contributed by atoms with Crippen LogP contribution < -0.4 is 28.4 Å². The van der Waals surface area contributed by atoms with Crippen LogP contribution in [0.1, 0.15) is 16.2 Å². The molecule has 4 aromatic rings. The Hall–Kier alpha value is -6.08. The molecule has 4 N–H and O–H groups in total. The summed E-state index contributed by atoms with van der Waals surface area (Å²) >= 11 is 3.64. The monoisotopic (exact) mass is 856 g/mol. The Labute approximate surface area is 349 Å². The third-order valence-corrected chi connectivity index (χ3v) is 10.6. The van der Waals surface area contributed by atoms with Gasteiger partial charge in [-0.2, -0.15) is 0 Å². The lowest BCUT2D eigenvalue weighted by atomic mass is 10.1. The van der Waals surface area contributed by atoms with Crippen LogP contribution in [0.5, 0.6) is 34.5 Å². The second-order valence-electron chi connectivity index (χ2n) is 12.3. The highest BCUT2D eigenvalue weighted by Crippen LogP contribution is 2.44. The van der Waals surface area contributed by atoms with Gasteiger partial charge in [-0.25, -0.2) is 19.2 Å². The van der Waals surface area contributed by atoms with Crippen molar-refractivity contribution in [3.05, 3.63) is 82.6 Å². The van der Waals surface area contributed by atoms with E-state index in [0.29, 0.717) is 58.8 Å². The van der Waals surface area contributed by atoms with E-state index in [0.717, 1.165) is 56.8 Å². The van der Waals surface area contributed by atoms with Crippen molar-refractivity contribution in [1.82, 2.24) is 9.80 Å². The molecule has 0 saturated carbocycles. The minimum atomic E-state index is -1.26. The number of hydrogen-bond donors (Lipinski definition) is 4. The van der Waals surface area contributed by atoms with Gasteiger partial charge in [0, 0.05) is 70.0 Å². The molecule has 0 aliphatic carbocycles. The maximum atomic E-state index is 9.55. The summed E-state index contributed by atoms with van der Waals surface area (Å²) in [7, 11) is 9.85. The van der Waals surface area contributed by atoms with Gasteiger partial charge in [-0.15, -0.1) is 22.7 Å². The minimum absolute atomic E-state index is 0.558. The number of rotatable bonds is 16. The number of ether oxygens (including phenoxy) is 6. The summed E-state index contributed by atoms with van der Waals surface area (Å²) in [6.45, 7) is 6.18. The lowest BCUT2D eigenvalue weighted by molar-refractivity contribution is -0.134. The fourth-order valence-electron chi connectivity index (χ4n) is 5.75. The standard InChI is InChI=1S/C33H40N2O6S2.2C4H4O4/c1-36-26-16-22(17-27(37-2)32(26)40-5)30-10-8-24(42-30)20-34-12-7-13-35(15-14-34)21-25-9-11-31(43-25)23-18-28(38-3)33(41-6)29(19-23)39-4;2*5-3(6)1-2-4(7)8/h8-11,16-19H,7,12-15,20-21H2,1-6H3;2*1-2H,(H,5,6)(H,7,8)/b;2*2-1-. The van der Waals surface area contributed by atoms with Crippen molar-refractivity contribution >= 4 is 46.6 Å². The zero-order valence-corrected chi connectivity index (χ0v) is 35.1. The number of methoxy groups -OCH3 is 6. The second-order valence-corrected chi connectivity index (χ2v) is 14.6. The van der Waals surface area contributed by atoms with E-state index in [1.807, 2.05) is 46.9 Å². The molecule has 318 valence electrons. The van der Waals surface area contributed by atoms with Crippen molar-refractivity contribution in [1.29, 1.82) is 0 Å². The van der Waals surface area contributed by atoms with Gasteiger partial charge in [0.25, 0.3) is 0 Å². The van der Waals surface area contributed by atoms with Gasteiger partial charge in [0.05, 0.1) is 42.7 Å². The number of hydrogen-bond acceptors (Lipinski definition) is 14. The van der Waals surface area contributed by atoms with Gasteiger partial charge in [-0.1, -0.05) is 0 Å². The third kappa shape index (κ3) is 15.0. The number of benzene rings is 2. The lowest BCUT2D eigenvalue weighted by Gasteiger charge is -2.21. The van der Waals surface area contributed by atoms with Crippen LogP contribution in [-0.2, 0) is 32.3 Å². The molecule has 0 atom stereocenters. The minimum Gasteiger partial charge on any atom is -0.493 e. The zero-order chi connectivity index (χ0) is 43.5. The molecule has 1 aliphatic rings. The number of carboxylic acid groups (broad SMARTS) is 4. The van der Waals surface area contributed by atoms with Crippen LogP contribution in [0.25, 0.3) is 20.9 Å². The van der Waals surface area contributed by atoms with Crippen molar-refractivity contribution in [2.45, 2.75) is 19.5 Å². The molecule has 0 bridgehead atoms. The van der Waals surface area contributed by atoms with Crippen LogP contribution in [0.3, 0.4) is 0 Å². The van der Waals surface area contributed by atoms with Gasteiger partial charge in [0.1, 0.15) is 0 Å². The summed E-state index contributed by atoms with van der Waals surface area (Å²) in [6, 6.07) is 16.9. The Morgan fingerprint density at radius 3 is 1.07 bits per heavy atom. The number of carboxylic acids is 4. The SMILES string of the molecule is COc1cc(-c2ccc(CN3CCCN(Cc4ccc(-c5cc(OC)c(OC)c(OC)c5)s4)CC3)s2)cc(OC)c1OC.O=C(O)/C=C\C(=O)O.O=C(O)/C=C\C(=O)O. The van der Waals surface area contributed by atoms with E-state index in [9.17, 15) is 19.2 Å². The maximum Gasteiger partial charge on any atom is 0.328 e. The summed E-state index contributed by atoms with van der Waals surface area (Å²) in [6.07, 6.45) is 3.38. The van der Waals surface area contributed by atoms with Gasteiger partial charge >= 0.3 is 23.9 Å². The maximum absolute atomic E-state index is 9.55. The second kappa shape index (κ2) is 24.0. The number of carbonyl (C=O) groups is 4. The topological polar surface area (TPSA) is 211 Å². The molecule has 1 aliphatic heterocycles. The number of thiophene rings is 2. The van der Waals surface area contributed by atoms with Crippen molar-refractivity contribution in [3.63, 3.8) is 0 Å². The molecule has 2 aromatic heterocycles. The van der Waals surface area contributed by atoms with E-state index < -0.39 is 23.9 Å². The Bertz CT molecular complexity index is 1860. The molecule has 3 heterocycles. The molecule has 0 spiro atoms. The van der Waals surface area contributed by atoms with Crippen LogP contribution in [-0.4, -0.2) is 123 Å². The molecule has 0 unspecified atom stereocenters. The number of nitrogens with zero attached hydrogens (tertiary/aromatic N) is 2. The van der Waals surface area contributed by atoms with Crippen molar-refractivity contribution in [3.8, 4) is 55.4 Å². The summed E-state index contributed by atoms with van der Waals surface area (Å²) in [5.41, 5.74) is 2.13. The average Bonchev–Trinajstić information content (AvgIpc) is 3.84. The van der Waals surface area contributed by atoms with Crippen molar-refractivity contribution in [2.75, 3.05) is 68.8 Å². The van der Waals surface area contributed by atoms with E-state index in [1.54, 1.807) is 42.7 Å². The van der Waals surface area contributed by atoms with E-state index in [2.05, 4.69) is 34.1 Å². The molecule has 2 aromatic carbocycles. The Morgan fingerprint density at radius 2 is 0.814 bits per heavy atom. The lowest BCUT2D eigenvalue weighted by Crippen LogP contribution is -2.29. The van der Waals surface area contributed by atoms with Gasteiger partial charge in [-0.3, -0.25) is 9.80 Å². The molecular weight excluding hydrogens is 809 g/mol. The predicted octanol–water partition coefficient (Wildman–Crippen LogP) is 6.33. The highest BCUT2D eigenvalue weighted by Gasteiger charge is 2.20. The molecule has 16 nitrogen and oxygen atoms in total. The predicted molar refractivity (Wildman–Crippen MR) is 223 cm³/mol. The first-order valence-electron chi connectivity index (χ1n) is 17.8. The summed E-state index contributed by atoms with van der Waals surface area (Å²) in [5, 5.41) is 31.2. The molecule has 0 radical (unpaired) electrons. The molecule has 5 rings (SSSR count). The average molecular weight is 857 g/mol. The Balaban J connectivity index is 0.000000490. The van der Waals surface area contributed by atoms with Crippen LogP contribution in [0, 0.1) is 0 Å². The first kappa shape index (κ1) is 47.3.